The van der Waals surface area contributed by atoms with Crippen LogP contribution in [0.15, 0.2) is 18.2 Å². The van der Waals surface area contributed by atoms with E-state index >= 15 is 0 Å². The zero-order valence-electron chi connectivity index (χ0n) is 13.1. The molecule has 0 bridgehead atoms. The molecule has 19 heavy (non-hydrogen) atoms. The van der Waals surface area contributed by atoms with E-state index in [0.29, 0.717) is 12.0 Å². The molecule has 0 saturated heterocycles. The number of hydrogen-bond acceptors (Lipinski definition) is 1. The molecule has 0 N–H and O–H groups in total. The van der Waals surface area contributed by atoms with Crippen LogP contribution in [0.1, 0.15) is 53.5 Å². The highest BCUT2D eigenvalue weighted by molar-refractivity contribution is 6.32. The Hall–Kier alpha value is -0.690. The molecule has 0 aromatic heterocycles. The van der Waals surface area contributed by atoms with Gasteiger partial charge in [-0.25, -0.2) is 0 Å². The Morgan fingerprint density at radius 2 is 1.63 bits per heavy atom. The van der Waals surface area contributed by atoms with Gasteiger partial charge in [0.15, 0.2) is 0 Å². The summed E-state index contributed by atoms with van der Waals surface area (Å²) in [6.45, 7) is 14.0. The van der Waals surface area contributed by atoms with E-state index in [4.69, 9.17) is 16.3 Å². The molecular weight excluding hydrogens is 256 g/mol. The molecule has 0 saturated carbocycles. The maximum Gasteiger partial charge on any atom is 0.137 e. The minimum absolute atomic E-state index is 0.276. The smallest absolute Gasteiger partial charge is 0.137 e. The fourth-order valence-electron chi connectivity index (χ4n) is 1.85. The number of ether oxygens (including phenoxy) is 1. The third-order valence-electron chi connectivity index (χ3n) is 2.84. The lowest BCUT2D eigenvalue weighted by molar-refractivity contribution is 0.243. The Bertz CT molecular complexity index is 410. The van der Waals surface area contributed by atoms with Crippen LogP contribution in [0.3, 0.4) is 0 Å². The largest absolute Gasteiger partial charge is 0.492 e. The molecule has 1 rings (SSSR count). The lowest BCUT2D eigenvalue weighted by atomic mass is 9.88. The minimum Gasteiger partial charge on any atom is -0.492 e. The van der Waals surface area contributed by atoms with E-state index in [1.807, 2.05) is 12.1 Å². The highest BCUT2D eigenvalue weighted by Crippen LogP contribution is 2.29. The van der Waals surface area contributed by atoms with Gasteiger partial charge >= 0.3 is 0 Å². The van der Waals surface area contributed by atoms with Crippen molar-refractivity contribution in [2.24, 2.45) is 10.8 Å². The van der Waals surface area contributed by atoms with Crippen molar-refractivity contribution in [1.29, 1.82) is 0 Å². The van der Waals surface area contributed by atoms with E-state index in [1.165, 1.54) is 5.56 Å². The molecule has 0 aliphatic carbocycles. The average Bonchev–Trinajstić information content (AvgIpc) is 2.17. The van der Waals surface area contributed by atoms with E-state index in [9.17, 15) is 0 Å². The molecule has 0 fully saturated rings. The first-order valence-corrected chi connectivity index (χ1v) is 7.36. The van der Waals surface area contributed by atoms with E-state index in [1.54, 1.807) is 0 Å². The van der Waals surface area contributed by atoms with E-state index in [2.05, 4.69) is 47.6 Å². The van der Waals surface area contributed by atoms with E-state index < -0.39 is 0 Å². The van der Waals surface area contributed by atoms with Gasteiger partial charge in [0.1, 0.15) is 5.75 Å². The zero-order valence-corrected chi connectivity index (χ0v) is 13.9. The first kappa shape index (κ1) is 16.4. The Labute approximate surface area is 123 Å². The Balaban J connectivity index is 2.62. The van der Waals surface area contributed by atoms with Crippen LogP contribution in [0.4, 0.5) is 0 Å². The van der Waals surface area contributed by atoms with Crippen molar-refractivity contribution in [2.75, 3.05) is 6.61 Å². The van der Waals surface area contributed by atoms with Gasteiger partial charge in [-0.15, -0.1) is 0 Å². The van der Waals surface area contributed by atoms with Crippen molar-refractivity contribution < 1.29 is 4.74 Å². The van der Waals surface area contributed by atoms with Crippen LogP contribution in [0.5, 0.6) is 5.75 Å². The van der Waals surface area contributed by atoms with Crippen molar-refractivity contribution in [3.05, 3.63) is 28.8 Å². The predicted molar refractivity (Wildman–Crippen MR) is 84.2 cm³/mol. The summed E-state index contributed by atoms with van der Waals surface area (Å²) >= 11 is 6.28. The summed E-state index contributed by atoms with van der Waals surface area (Å²) < 4.78 is 5.77. The molecule has 0 aliphatic rings. The SMILES string of the molecule is CC(C)(C)CCOc1ccc(CC(C)(C)C)cc1Cl. The fraction of sp³-hybridized carbons (Fsp3) is 0.647. The molecule has 0 unspecified atom stereocenters. The first-order chi connectivity index (χ1) is 8.57. The quantitative estimate of drug-likeness (QED) is 0.684. The number of halogens is 1. The summed E-state index contributed by atoms with van der Waals surface area (Å²) in [6.07, 6.45) is 2.04. The van der Waals surface area contributed by atoms with Gasteiger partial charge in [0.05, 0.1) is 11.6 Å². The second kappa shape index (κ2) is 6.17. The third-order valence-corrected chi connectivity index (χ3v) is 3.14. The van der Waals surface area contributed by atoms with Crippen LogP contribution in [-0.4, -0.2) is 6.61 Å². The second-order valence-corrected chi connectivity index (χ2v) is 8.07. The summed E-state index contributed by atoms with van der Waals surface area (Å²) in [6, 6.07) is 6.13. The van der Waals surface area contributed by atoms with E-state index in [-0.39, 0.29) is 5.41 Å². The molecule has 2 heteroatoms. The monoisotopic (exact) mass is 282 g/mol. The average molecular weight is 283 g/mol. The van der Waals surface area contributed by atoms with Crippen molar-refractivity contribution >= 4 is 11.6 Å². The maximum absolute atomic E-state index is 6.28. The van der Waals surface area contributed by atoms with Gasteiger partial charge in [-0.2, -0.15) is 0 Å². The molecule has 1 aromatic rings. The van der Waals surface area contributed by atoms with Gasteiger partial charge in [-0.3, -0.25) is 0 Å². The van der Waals surface area contributed by atoms with Gasteiger partial charge in [0.2, 0.25) is 0 Å². The summed E-state index contributed by atoms with van der Waals surface area (Å²) in [5.74, 6) is 0.795. The fourth-order valence-corrected chi connectivity index (χ4v) is 2.11. The van der Waals surface area contributed by atoms with Gasteiger partial charge in [0.25, 0.3) is 0 Å². The number of rotatable bonds is 4. The van der Waals surface area contributed by atoms with E-state index in [0.717, 1.165) is 23.6 Å². The van der Waals surface area contributed by atoms with Gasteiger partial charge in [-0.1, -0.05) is 59.2 Å². The number of hydrogen-bond donors (Lipinski definition) is 0. The molecule has 0 spiro atoms. The molecule has 108 valence electrons. The Kier molecular flexibility index (Phi) is 5.32. The highest BCUT2D eigenvalue weighted by atomic mass is 35.5. The third kappa shape index (κ3) is 6.87. The lowest BCUT2D eigenvalue weighted by Crippen LogP contribution is -2.11. The highest BCUT2D eigenvalue weighted by Gasteiger charge is 2.14. The summed E-state index contributed by atoms with van der Waals surface area (Å²) in [5.41, 5.74) is 1.83. The van der Waals surface area contributed by atoms with Gasteiger partial charge in [0, 0.05) is 0 Å². The van der Waals surface area contributed by atoms with Crippen molar-refractivity contribution in [3.8, 4) is 5.75 Å². The molecule has 0 heterocycles. The van der Waals surface area contributed by atoms with Crippen molar-refractivity contribution in [2.45, 2.75) is 54.4 Å². The zero-order chi connectivity index (χ0) is 14.7. The minimum atomic E-state index is 0.276. The summed E-state index contributed by atoms with van der Waals surface area (Å²) in [7, 11) is 0. The van der Waals surface area contributed by atoms with Crippen LogP contribution in [-0.2, 0) is 6.42 Å². The van der Waals surface area contributed by atoms with Gasteiger partial charge in [-0.05, 0) is 41.4 Å². The molecule has 1 aromatic carbocycles. The Morgan fingerprint density at radius 1 is 1.00 bits per heavy atom. The number of benzene rings is 1. The molecular formula is C17H27ClO. The van der Waals surface area contributed by atoms with Crippen LogP contribution in [0.2, 0.25) is 5.02 Å². The molecule has 1 nitrogen and oxygen atoms in total. The van der Waals surface area contributed by atoms with Crippen molar-refractivity contribution in [3.63, 3.8) is 0 Å². The Morgan fingerprint density at radius 3 is 2.11 bits per heavy atom. The summed E-state index contributed by atoms with van der Waals surface area (Å²) in [4.78, 5) is 0. The van der Waals surface area contributed by atoms with Crippen molar-refractivity contribution in [1.82, 2.24) is 0 Å². The van der Waals surface area contributed by atoms with Crippen LogP contribution in [0, 0.1) is 10.8 Å². The van der Waals surface area contributed by atoms with Crippen LogP contribution >= 0.6 is 11.6 Å². The molecule has 0 atom stereocenters. The normalized spacial score (nSPS) is 12.6. The molecule has 0 radical (unpaired) electrons. The first-order valence-electron chi connectivity index (χ1n) is 6.98. The topological polar surface area (TPSA) is 9.23 Å². The maximum atomic E-state index is 6.28. The molecule has 0 aliphatic heterocycles. The van der Waals surface area contributed by atoms with Crippen LogP contribution < -0.4 is 4.74 Å². The second-order valence-electron chi connectivity index (χ2n) is 7.66. The van der Waals surface area contributed by atoms with Crippen LogP contribution in [0.25, 0.3) is 0 Å². The van der Waals surface area contributed by atoms with Gasteiger partial charge < -0.3 is 4.74 Å². The predicted octanol–water partition coefficient (Wildman–Crippen LogP) is 5.74. The summed E-state index contributed by atoms with van der Waals surface area (Å²) in [5, 5.41) is 0.718. The molecule has 0 amide bonds. The standard InChI is InChI=1S/C17H27ClO/c1-16(2,3)9-10-19-15-8-7-13(11-14(15)18)12-17(4,5)6/h7-8,11H,9-10,12H2,1-6H3. The lowest BCUT2D eigenvalue weighted by Gasteiger charge is -2.20.